The van der Waals surface area contributed by atoms with Gasteiger partial charge in [0.15, 0.2) is 5.82 Å². The molecule has 28 heavy (non-hydrogen) atoms. The highest BCUT2D eigenvalue weighted by Crippen LogP contribution is 2.26. The lowest BCUT2D eigenvalue weighted by atomic mass is 9.95. The van der Waals surface area contributed by atoms with Crippen molar-refractivity contribution in [2.45, 2.75) is 32.7 Å². The molecule has 2 heterocycles. The predicted octanol–water partition coefficient (Wildman–Crippen LogP) is 2.77. The molecule has 1 aromatic carbocycles. The minimum atomic E-state index is -0.357. The second-order valence-corrected chi connectivity index (χ2v) is 7.26. The molecule has 1 aromatic heterocycles. The number of rotatable bonds is 5. The third-order valence-electron chi connectivity index (χ3n) is 4.82. The van der Waals surface area contributed by atoms with Crippen LogP contribution < -0.4 is 10.1 Å². The lowest BCUT2D eigenvalue weighted by Gasteiger charge is -2.32. The molecular weight excluding hydrogens is 384 g/mol. The molecule has 1 N–H and O–H groups in total. The molecular formula is C19H23ClN4O4. The average Bonchev–Trinajstić information content (AvgIpc) is 3.14. The first kappa shape index (κ1) is 20.1. The number of hydrogen-bond acceptors (Lipinski definition) is 6. The third-order valence-corrected chi connectivity index (χ3v) is 5.05. The Morgan fingerprint density at radius 2 is 2.07 bits per heavy atom. The monoisotopic (exact) mass is 406 g/mol. The van der Waals surface area contributed by atoms with Gasteiger partial charge in [-0.05, 0) is 44.9 Å². The number of ether oxygens (including phenoxy) is 1. The zero-order valence-electron chi connectivity index (χ0n) is 16.1. The fourth-order valence-electron chi connectivity index (χ4n) is 3.24. The molecule has 1 atom stereocenters. The molecule has 0 bridgehead atoms. The summed E-state index contributed by atoms with van der Waals surface area (Å²) < 4.78 is 10.4. The number of benzene rings is 1. The number of carbonyl (C=O) groups excluding carboxylic acids is 2. The van der Waals surface area contributed by atoms with Gasteiger partial charge >= 0.3 is 0 Å². The predicted molar refractivity (Wildman–Crippen MR) is 102 cm³/mol. The van der Waals surface area contributed by atoms with E-state index in [1.165, 1.54) is 7.11 Å². The van der Waals surface area contributed by atoms with E-state index in [1.807, 2.05) is 0 Å². The van der Waals surface area contributed by atoms with Crippen molar-refractivity contribution in [2.24, 2.45) is 5.92 Å². The van der Waals surface area contributed by atoms with Crippen LogP contribution in [0.15, 0.2) is 22.7 Å². The highest BCUT2D eigenvalue weighted by Gasteiger charge is 2.30. The van der Waals surface area contributed by atoms with Crippen LogP contribution in [0.3, 0.4) is 0 Å². The van der Waals surface area contributed by atoms with E-state index in [0.29, 0.717) is 54.0 Å². The number of nitrogens with one attached hydrogen (secondary N) is 1. The molecule has 2 aromatic rings. The Labute approximate surface area is 168 Å². The Hall–Kier alpha value is -2.61. The number of piperidine rings is 1. The van der Waals surface area contributed by atoms with E-state index >= 15 is 0 Å². The number of aromatic nitrogens is 2. The van der Waals surface area contributed by atoms with Crippen molar-refractivity contribution in [3.8, 4) is 5.75 Å². The summed E-state index contributed by atoms with van der Waals surface area (Å²) in [6.45, 7) is 4.50. The highest BCUT2D eigenvalue weighted by molar-refractivity contribution is 6.31. The summed E-state index contributed by atoms with van der Waals surface area (Å²) in [5.74, 6) is 1.00. The SMILES string of the molecule is COc1ccc(Cl)cc1C(=O)N1CCC(C(=O)NC(C)c2nc(C)no2)CC1. The van der Waals surface area contributed by atoms with Gasteiger partial charge in [0.05, 0.1) is 12.7 Å². The zero-order valence-corrected chi connectivity index (χ0v) is 16.8. The van der Waals surface area contributed by atoms with Crippen LogP contribution in [0.4, 0.5) is 0 Å². The molecule has 0 aliphatic carbocycles. The number of hydrogen-bond donors (Lipinski definition) is 1. The fourth-order valence-corrected chi connectivity index (χ4v) is 3.42. The standard InChI is InChI=1S/C19H23ClN4O4/c1-11(18-22-12(2)23-28-18)21-17(25)13-6-8-24(9-7-13)19(26)15-10-14(20)4-5-16(15)27-3/h4-5,10-11,13H,6-9H2,1-3H3,(H,21,25). The van der Waals surface area contributed by atoms with Gasteiger partial charge in [-0.25, -0.2) is 0 Å². The Morgan fingerprint density at radius 3 is 2.68 bits per heavy atom. The molecule has 1 aliphatic rings. The van der Waals surface area contributed by atoms with Crippen LogP contribution in [0.5, 0.6) is 5.75 Å². The van der Waals surface area contributed by atoms with Crippen molar-refractivity contribution in [2.75, 3.05) is 20.2 Å². The quantitative estimate of drug-likeness (QED) is 0.819. The lowest BCUT2D eigenvalue weighted by molar-refractivity contribution is -0.127. The van der Waals surface area contributed by atoms with Gasteiger partial charge in [-0.1, -0.05) is 16.8 Å². The van der Waals surface area contributed by atoms with Crippen molar-refractivity contribution in [3.63, 3.8) is 0 Å². The Balaban J connectivity index is 1.57. The Morgan fingerprint density at radius 1 is 1.36 bits per heavy atom. The van der Waals surface area contributed by atoms with Crippen LogP contribution >= 0.6 is 11.6 Å². The maximum Gasteiger partial charge on any atom is 0.257 e. The molecule has 1 aliphatic heterocycles. The number of halogens is 1. The summed E-state index contributed by atoms with van der Waals surface area (Å²) in [5.41, 5.74) is 0.429. The third kappa shape index (κ3) is 4.44. The first-order valence-electron chi connectivity index (χ1n) is 9.12. The number of methoxy groups -OCH3 is 1. The summed E-state index contributed by atoms with van der Waals surface area (Å²) >= 11 is 6.03. The molecule has 1 unspecified atom stereocenters. The van der Waals surface area contributed by atoms with Crippen LogP contribution in [0.25, 0.3) is 0 Å². The van der Waals surface area contributed by atoms with Gasteiger partial charge < -0.3 is 19.5 Å². The van der Waals surface area contributed by atoms with Crippen LogP contribution in [-0.2, 0) is 4.79 Å². The summed E-state index contributed by atoms with van der Waals surface area (Å²) in [7, 11) is 1.52. The van der Waals surface area contributed by atoms with Crippen LogP contribution in [0, 0.1) is 12.8 Å². The largest absolute Gasteiger partial charge is 0.496 e. The van der Waals surface area contributed by atoms with Gasteiger partial charge in [-0.15, -0.1) is 0 Å². The maximum absolute atomic E-state index is 12.8. The van der Waals surface area contributed by atoms with E-state index in [2.05, 4.69) is 15.5 Å². The van der Waals surface area contributed by atoms with Crippen LogP contribution in [0.2, 0.25) is 5.02 Å². The van der Waals surface area contributed by atoms with E-state index in [1.54, 1.807) is 36.9 Å². The molecule has 0 saturated carbocycles. The number of nitrogens with zero attached hydrogens (tertiary/aromatic N) is 3. The maximum atomic E-state index is 12.8. The molecule has 0 spiro atoms. The Bertz CT molecular complexity index is 861. The van der Waals surface area contributed by atoms with Crippen molar-refractivity contribution in [1.82, 2.24) is 20.4 Å². The molecule has 8 nitrogen and oxygen atoms in total. The smallest absolute Gasteiger partial charge is 0.257 e. The van der Waals surface area contributed by atoms with Gasteiger partial charge in [0.1, 0.15) is 11.8 Å². The van der Waals surface area contributed by atoms with Crippen LogP contribution in [0.1, 0.15) is 47.9 Å². The fraction of sp³-hybridized carbons (Fsp3) is 0.474. The summed E-state index contributed by atoms with van der Waals surface area (Å²) in [5, 5.41) is 7.11. The molecule has 1 fully saturated rings. The van der Waals surface area contributed by atoms with Gasteiger partial charge in [0.2, 0.25) is 11.8 Å². The molecule has 2 amide bonds. The zero-order chi connectivity index (χ0) is 20.3. The van der Waals surface area contributed by atoms with Crippen molar-refractivity contribution in [1.29, 1.82) is 0 Å². The summed E-state index contributed by atoms with van der Waals surface area (Å²) in [6.07, 6.45) is 1.16. The number of aryl methyl sites for hydroxylation is 1. The molecule has 9 heteroatoms. The molecule has 1 saturated heterocycles. The van der Waals surface area contributed by atoms with Crippen molar-refractivity contribution in [3.05, 3.63) is 40.5 Å². The lowest BCUT2D eigenvalue weighted by Crippen LogP contribution is -2.43. The number of likely N-dealkylation sites (tertiary alicyclic amines) is 1. The van der Waals surface area contributed by atoms with E-state index < -0.39 is 0 Å². The first-order valence-corrected chi connectivity index (χ1v) is 9.50. The van der Waals surface area contributed by atoms with E-state index in [-0.39, 0.29) is 23.8 Å². The number of amides is 2. The normalized spacial score (nSPS) is 15.9. The van der Waals surface area contributed by atoms with E-state index in [9.17, 15) is 9.59 Å². The van der Waals surface area contributed by atoms with Crippen molar-refractivity contribution < 1.29 is 18.8 Å². The topological polar surface area (TPSA) is 97.6 Å². The summed E-state index contributed by atoms with van der Waals surface area (Å²) in [6, 6.07) is 4.61. The average molecular weight is 407 g/mol. The van der Waals surface area contributed by atoms with Gasteiger partial charge in [-0.3, -0.25) is 9.59 Å². The second kappa shape index (κ2) is 8.60. The summed E-state index contributed by atoms with van der Waals surface area (Å²) in [4.78, 5) is 31.2. The van der Waals surface area contributed by atoms with Gasteiger partial charge in [0.25, 0.3) is 5.91 Å². The molecule has 0 radical (unpaired) electrons. The van der Waals surface area contributed by atoms with Gasteiger partial charge in [-0.2, -0.15) is 4.98 Å². The first-order chi connectivity index (χ1) is 13.4. The van der Waals surface area contributed by atoms with Crippen LogP contribution in [-0.4, -0.2) is 47.1 Å². The molecule has 150 valence electrons. The van der Waals surface area contributed by atoms with E-state index in [0.717, 1.165) is 0 Å². The minimum Gasteiger partial charge on any atom is -0.496 e. The van der Waals surface area contributed by atoms with Crippen molar-refractivity contribution >= 4 is 23.4 Å². The minimum absolute atomic E-state index is 0.0733. The van der Waals surface area contributed by atoms with Gasteiger partial charge in [0, 0.05) is 24.0 Å². The highest BCUT2D eigenvalue weighted by atomic mass is 35.5. The van der Waals surface area contributed by atoms with E-state index in [4.69, 9.17) is 20.9 Å². The Kier molecular flexibility index (Phi) is 6.18. The number of carbonyl (C=O) groups is 2. The molecule has 3 rings (SSSR count). The second-order valence-electron chi connectivity index (χ2n) is 6.82.